The van der Waals surface area contributed by atoms with E-state index >= 15 is 0 Å². The highest BCUT2D eigenvalue weighted by molar-refractivity contribution is 6.30. The molecular weight excluding hydrogens is 428 g/mol. The summed E-state index contributed by atoms with van der Waals surface area (Å²) in [5.74, 6) is 0.986. The van der Waals surface area contributed by atoms with E-state index in [2.05, 4.69) is 20.1 Å². The molecule has 0 saturated carbocycles. The van der Waals surface area contributed by atoms with E-state index in [9.17, 15) is 4.79 Å². The molecule has 0 bridgehead atoms. The van der Waals surface area contributed by atoms with E-state index in [4.69, 9.17) is 16.3 Å². The van der Waals surface area contributed by atoms with Crippen molar-refractivity contribution in [3.8, 4) is 11.6 Å². The molecule has 5 rings (SSSR count). The summed E-state index contributed by atoms with van der Waals surface area (Å²) in [5, 5.41) is 5.65. The summed E-state index contributed by atoms with van der Waals surface area (Å²) >= 11 is 6.01. The molecule has 0 unspecified atom stereocenters. The number of aromatic nitrogens is 6. The molecular formula is C23H17ClN6O2. The molecule has 5 aromatic rings. The van der Waals surface area contributed by atoms with E-state index in [-0.39, 0.29) is 5.78 Å². The van der Waals surface area contributed by atoms with Gasteiger partial charge in [0.2, 0.25) is 0 Å². The smallest absolute Gasteiger partial charge is 0.198 e. The number of halogens is 1. The number of ether oxygens (including phenoxy) is 1. The van der Waals surface area contributed by atoms with Crippen molar-refractivity contribution in [3.05, 3.63) is 95.4 Å². The van der Waals surface area contributed by atoms with Gasteiger partial charge in [0.15, 0.2) is 11.6 Å². The van der Waals surface area contributed by atoms with Gasteiger partial charge in [-0.15, -0.1) is 0 Å². The summed E-state index contributed by atoms with van der Waals surface area (Å²) in [5.41, 5.74) is 2.69. The first-order valence-corrected chi connectivity index (χ1v) is 10.1. The Labute approximate surface area is 188 Å². The highest BCUT2D eigenvalue weighted by Gasteiger charge is 2.20. The van der Waals surface area contributed by atoms with Gasteiger partial charge in [-0.3, -0.25) is 4.79 Å². The van der Waals surface area contributed by atoms with Gasteiger partial charge in [0.1, 0.15) is 17.7 Å². The van der Waals surface area contributed by atoms with Crippen LogP contribution in [0.25, 0.3) is 16.9 Å². The quantitative estimate of drug-likeness (QED) is 0.368. The molecule has 0 amide bonds. The van der Waals surface area contributed by atoms with E-state index < -0.39 is 0 Å². The first-order valence-electron chi connectivity index (χ1n) is 9.75. The minimum absolute atomic E-state index is 0.166. The number of methoxy groups -OCH3 is 1. The zero-order valence-corrected chi connectivity index (χ0v) is 17.8. The SMILES string of the molecule is COc1cnc2c(c1)c(C(=O)c1cnn(-c3ccncn3)c1)cn2Cc1ccc(Cl)cc1. The van der Waals surface area contributed by atoms with Crippen LogP contribution < -0.4 is 4.74 Å². The van der Waals surface area contributed by atoms with Crippen LogP contribution in [0.1, 0.15) is 21.5 Å². The molecule has 0 aliphatic rings. The number of fused-ring (bicyclic) bond motifs is 1. The van der Waals surface area contributed by atoms with Crippen molar-refractivity contribution in [2.24, 2.45) is 0 Å². The van der Waals surface area contributed by atoms with Crippen LogP contribution in [0.2, 0.25) is 5.02 Å². The molecule has 9 heteroatoms. The first-order chi connectivity index (χ1) is 15.6. The number of benzene rings is 1. The maximum atomic E-state index is 13.4. The van der Waals surface area contributed by atoms with Gasteiger partial charge in [0.25, 0.3) is 0 Å². The van der Waals surface area contributed by atoms with Gasteiger partial charge in [-0.05, 0) is 23.8 Å². The Balaban J connectivity index is 1.56. The summed E-state index contributed by atoms with van der Waals surface area (Å²) in [4.78, 5) is 26.0. The average molecular weight is 445 g/mol. The van der Waals surface area contributed by atoms with Crippen LogP contribution in [0.15, 0.2) is 73.7 Å². The van der Waals surface area contributed by atoms with Gasteiger partial charge in [-0.25, -0.2) is 19.6 Å². The number of hydrogen-bond donors (Lipinski definition) is 0. The molecule has 0 N–H and O–H groups in total. The number of carbonyl (C=O) groups excluding carboxylic acids is 1. The fraction of sp³-hybridized carbons (Fsp3) is 0.0870. The van der Waals surface area contributed by atoms with E-state index in [0.29, 0.717) is 45.3 Å². The van der Waals surface area contributed by atoms with E-state index in [1.54, 1.807) is 36.4 Å². The van der Waals surface area contributed by atoms with Crippen molar-refractivity contribution < 1.29 is 9.53 Å². The normalized spacial score (nSPS) is 11.1. The predicted octanol–water partition coefficient (Wildman–Crippen LogP) is 3.95. The number of rotatable bonds is 6. The summed E-state index contributed by atoms with van der Waals surface area (Å²) in [6.07, 6.45) is 9.69. The third-order valence-electron chi connectivity index (χ3n) is 5.08. The number of pyridine rings is 1. The summed E-state index contributed by atoms with van der Waals surface area (Å²) < 4.78 is 8.82. The second kappa shape index (κ2) is 8.24. The molecule has 4 aromatic heterocycles. The standard InChI is InChI=1S/C23H17ClN6O2/c1-32-18-8-19-20(22(31)16-9-28-30(12-16)21-6-7-25-14-27-21)13-29(23(19)26-10-18)11-15-2-4-17(24)5-3-15/h2-10,12-14H,11H2,1H3. The van der Waals surface area contributed by atoms with Crippen LogP contribution in [0.5, 0.6) is 5.75 Å². The van der Waals surface area contributed by atoms with Gasteiger partial charge in [-0.1, -0.05) is 23.7 Å². The largest absolute Gasteiger partial charge is 0.495 e. The molecule has 0 saturated heterocycles. The Bertz CT molecular complexity index is 1410. The van der Waals surface area contributed by atoms with Crippen LogP contribution in [-0.2, 0) is 6.54 Å². The maximum Gasteiger partial charge on any atom is 0.198 e. The van der Waals surface area contributed by atoms with Gasteiger partial charge in [0, 0.05) is 41.6 Å². The van der Waals surface area contributed by atoms with Gasteiger partial charge in [-0.2, -0.15) is 5.10 Å². The van der Waals surface area contributed by atoms with Crippen LogP contribution >= 0.6 is 11.6 Å². The highest BCUT2D eigenvalue weighted by atomic mass is 35.5. The monoisotopic (exact) mass is 444 g/mol. The zero-order chi connectivity index (χ0) is 22.1. The molecule has 158 valence electrons. The maximum absolute atomic E-state index is 13.4. The van der Waals surface area contributed by atoms with Crippen molar-refractivity contribution in [3.63, 3.8) is 0 Å². The molecule has 1 aromatic carbocycles. The average Bonchev–Trinajstić information content (AvgIpc) is 3.46. The minimum atomic E-state index is -0.166. The molecule has 0 aliphatic heterocycles. The molecule has 0 radical (unpaired) electrons. The Morgan fingerprint density at radius 3 is 2.69 bits per heavy atom. The van der Waals surface area contributed by atoms with Gasteiger partial charge < -0.3 is 9.30 Å². The molecule has 32 heavy (non-hydrogen) atoms. The lowest BCUT2D eigenvalue weighted by atomic mass is 10.1. The molecule has 0 fully saturated rings. The van der Waals surface area contributed by atoms with Crippen molar-refractivity contribution in [2.45, 2.75) is 6.54 Å². The summed E-state index contributed by atoms with van der Waals surface area (Å²) in [6.45, 7) is 0.542. The fourth-order valence-corrected chi connectivity index (χ4v) is 3.62. The topological polar surface area (TPSA) is 87.7 Å². The van der Waals surface area contributed by atoms with Crippen LogP contribution in [0.4, 0.5) is 0 Å². The number of hydrogen-bond acceptors (Lipinski definition) is 6. The van der Waals surface area contributed by atoms with Gasteiger partial charge >= 0.3 is 0 Å². The van der Waals surface area contributed by atoms with Crippen molar-refractivity contribution >= 4 is 28.4 Å². The summed E-state index contributed by atoms with van der Waals surface area (Å²) in [6, 6.07) is 11.1. The summed E-state index contributed by atoms with van der Waals surface area (Å²) in [7, 11) is 1.57. The van der Waals surface area contributed by atoms with Crippen LogP contribution in [0, 0.1) is 0 Å². The molecule has 4 heterocycles. The van der Waals surface area contributed by atoms with Crippen LogP contribution in [-0.4, -0.2) is 42.2 Å². The van der Waals surface area contributed by atoms with Crippen molar-refractivity contribution in [2.75, 3.05) is 7.11 Å². The lowest BCUT2D eigenvalue weighted by molar-refractivity contribution is 0.104. The lowest BCUT2D eigenvalue weighted by Crippen LogP contribution is -2.01. The minimum Gasteiger partial charge on any atom is -0.495 e. The molecule has 0 aliphatic carbocycles. The third-order valence-corrected chi connectivity index (χ3v) is 5.33. The van der Waals surface area contributed by atoms with E-state index in [1.165, 1.54) is 12.5 Å². The van der Waals surface area contributed by atoms with Gasteiger partial charge in [0.05, 0.1) is 30.6 Å². The second-order valence-electron chi connectivity index (χ2n) is 7.11. The Morgan fingerprint density at radius 2 is 1.94 bits per heavy atom. The van der Waals surface area contributed by atoms with E-state index in [0.717, 1.165) is 5.56 Å². The predicted molar refractivity (Wildman–Crippen MR) is 119 cm³/mol. The van der Waals surface area contributed by atoms with E-state index in [1.807, 2.05) is 41.1 Å². The van der Waals surface area contributed by atoms with Crippen molar-refractivity contribution in [1.29, 1.82) is 0 Å². The Morgan fingerprint density at radius 1 is 1.09 bits per heavy atom. The van der Waals surface area contributed by atoms with Crippen molar-refractivity contribution in [1.82, 2.24) is 29.3 Å². The Hall–Kier alpha value is -4.04. The third kappa shape index (κ3) is 3.72. The number of nitrogens with zero attached hydrogens (tertiary/aromatic N) is 6. The highest BCUT2D eigenvalue weighted by Crippen LogP contribution is 2.27. The first kappa shape index (κ1) is 19.9. The number of ketones is 1. The second-order valence-corrected chi connectivity index (χ2v) is 7.55. The molecule has 8 nitrogen and oxygen atoms in total. The van der Waals surface area contributed by atoms with Crippen LogP contribution in [0.3, 0.4) is 0 Å². The molecule has 0 atom stereocenters. The zero-order valence-electron chi connectivity index (χ0n) is 17.0. The fourth-order valence-electron chi connectivity index (χ4n) is 3.49. The lowest BCUT2D eigenvalue weighted by Gasteiger charge is -2.05. The number of carbonyl (C=O) groups is 1. The Kier molecular flexibility index (Phi) is 5.12. The molecule has 0 spiro atoms.